The quantitative estimate of drug-likeness (QED) is 0.816. The first-order chi connectivity index (χ1) is 13.5. The van der Waals surface area contributed by atoms with Crippen molar-refractivity contribution in [3.63, 3.8) is 0 Å². The second kappa shape index (κ2) is 7.95. The molecule has 0 saturated carbocycles. The third kappa shape index (κ3) is 4.07. The summed E-state index contributed by atoms with van der Waals surface area (Å²) in [6.45, 7) is 8.45. The first-order valence-corrected chi connectivity index (χ1v) is 10.3. The molecule has 1 fully saturated rings. The Morgan fingerprint density at radius 1 is 1.25 bits per heavy atom. The molecule has 2 aliphatic rings. The molecular formula is C22H30N4O2. The summed E-state index contributed by atoms with van der Waals surface area (Å²) in [5.41, 5.74) is 0.810. The number of rotatable bonds is 4. The van der Waals surface area contributed by atoms with Gasteiger partial charge in [-0.15, -0.1) is 0 Å². The molecule has 2 aromatic rings. The molecule has 0 unspecified atom stereocenters. The molecule has 2 aliphatic heterocycles. The van der Waals surface area contributed by atoms with Crippen molar-refractivity contribution in [2.75, 3.05) is 19.6 Å². The minimum atomic E-state index is -0.289. The summed E-state index contributed by atoms with van der Waals surface area (Å²) in [5, 5.41) is 0. The molecule has 150 valence electrons. The average molecular weight is 383 g/mol. The Balaban J connectivity index is 1.52. The van der Waals surface area contributed by atoms with Gasteiger partial charge in [-0.3, -0.25) is 4.79 Å². The molecule has 0 atom stereocenters. The number of ether oxygens (including phenoxy) is 1. The number of carbonyl (C=O) groups excluding carboxylic acids is 1. The zero-order valence-electron chi connectivity index (χ0n) is 16.9. The maximum Gasteiger partial charge on any atom is 0.224 e. The van der Waals surface area contributed by atoms with Crippen molar-refractivity contribution in [2.45, 2.75) is 57.8 Å². The summed E-state index contributed by atoms with van der Waals surface area (Å²) < 4.78 is 8.56. The average Bonchev–Trinajstić information content (AvgIpc) is 3.15. The highest BCUT2D eigenvalue weighted by Gasteiger charge is 2.42. The number of nitrogens with zero attached hydrogens (tertiary/aromatic N) is 4. The molecule has 0 bridgehead atoms. The van der Waals surface area contributed by atoms with E-state index in [4.69, 9.17) is 4.74 Å². The van der Waals surface area contributed by atoms with Crippen molar-refractivity contribution < 1.29 is 9.53 Å². The Bertz CT molecular complexity index is 795. The van der Waals surface area contributed by atoms with E-state index in [2.05, 4.69) is 29.8 Å². The topological polar surface area (TPSA) is 50.6 Å². The van der Waals surface area contributed by atoms with Gasteiger partial charge < -0.3 is 19.1 Å². The van der Waals surface area contributed by atoms with Crippen LogP contribution in [0.4, 0.5) is 0 Å². The van der Waals surface area contributed by atoms with Crippen LogP contribution in [0.2, 0.25) is 0 Å². The first-order valence-electron chi connectivity index (χ1n) is 10.3. The lowest BCUT2D eigenvalue weighted by atomic mass is 9.89. The van der Waals surface area contributed by atoms with E-state index in [1.807, 2.05) is 33.9 Å². The normalized spacial score (nSPS) is 19.3. The van der Waals surface area contributed by atoms with Crippen LogP contribution in [0.1, 0.15) is 38.7 Å². The van der Waals surface area contributed by atoms with Crippen LogP contribution >= 0.6 is 0 Å². The molecule has 1 aromatic carbocycles. The van der Waals surface area contributed by atoms with Gasteiger partial charge in [-0.05, 0) is 19.9 Å². The number of fused-ring (bicyclic) bond motifs is 1. The van der Waals surface area contributed by atoms with E-state index in [-0.39, 0.29) is 11.5 Å². The van der Waals surface area contributed by atoms with Crippen LogP contribution in [0, 0.1) is 0 Å². The number of benzene rings is 1. The molecular weight excluding hydrogens is 352 g/mol. The maximum atomic E-state index is 13.1. The fraction of sp³-hybridized carbons (Fsp3) is 0.545. The first kappa shape index (κ1) is 19.0. The number of aryl methyl sites for hydroxylation is 1. The highest BCUT2D eigenvalue weighted by Crippen LogP contribution is 2.36. The van der Waals surface area contributed by atoms with Gasteiger partial charge in [0, 0.05) is 69.4 Å². The lowest BCUT2D eigenvalue weighted by molar-refractivity contribution is -0.135. The zero-order chi connectivity index (χ0) is 19.6. The summed E-state index contributed by atoms with van der Waals surface area (Å²) in [5.74, 6) is 1.12. The summed E-state index contributed by atoms with van der Waals surface area (Å²) >= 11 is 0. The summed E-state index contributed by atoms with van der Waals surface area (Å²) in [7, 11) is 0. The molecule has 1 saturated heterocycles. The number of carbonyl (C=O) groups is 1. The van der Waals surface area contributed by atoms with Crippen LogP contribution in [0.25, 0.3) is 0 Å². The number of hydrogen-bond acceptors (Lipinski definition) is 4. The highest BCUT2D eigenvalue weighted by molar-refractivity contribution is 5.76. The van der Waals surface area contributed by atoms with Gasteiger partial charge in [0.05, 0.1) is 12.9 Å². The number of hydrogen-bond donors (Lipinski definition) is 0. The molecule has 1 amide bonds. The minimum Gasteiger partial charge on any atom is -0.485 e. The molecule has 3 heterocycles. The number of para-hydroxylation sites is 1. The fourth-order valence-corrected chi connectivity index (χ4v) is 4.30. The van der Waals surface area contributed by atoms with Crippen molar-refractivity contribution in [3.05, 3.63) is 48.5 Å². The molecule has 6 heteroatoms. The minimum absolute atomic E-state index is 0.180. The van der Waals surface area contributed by atoms with Gasteiger partial charge in [0.1, 0.15) is 11.4 Å². The van der Waals surface area contributed by atoms with E-state index >= 15 is 0 Å². The largest absolute Gasteiger partial charge is 0.485 e. The Morgan fingerprint density at radius 3 is 2.75 bits per heavy atom. The van der Waals surface area contributed by atoms with Crippen LogP contribution in [0.15, 0.2) is 43.0 Å². The van der Waals surface area contributed by atoms with Crippen LogP contribution in [-0.2, 0) is 17.9 Å². The SMILES string of the molecule is CC(C)N1CCC2(CC1)CN(C(=O)CCn1ccnc1)Cc1ccccc1O2. The van der Waals surface area contributed by atoms with Crippen LogP contribution < -0.4 is 4.74 Å². The fourth-order valence-electron chi connectivity index (χ4n) is 4.30. The number of amides is 1. The number of piperidine rings is 1. The van der Waals surface area contributed by atoms with Crippen molar-refractivity contribution in [3.8, 4) is 5.75 Å². The van der Waals surface area contributed by atoms with E-state index < -0.39 is 0 Å². The van der Waals surface area contributed by atoms with Gasteiger partial charge in [0.2, 0.25) is 5.91 Å². The van der Waals surface area contributed by atoms with Crippen molar-refractivity contribution >= 4 is 5.91 Å². The maximum absolute atomic E-state index is 13.1. The molecule has 1 aromatic heterocycles. The van der Waals surface area contributed by atoms with E-state index in [9.17, 15) is 4.79 Å². The Labute approximate surface area is 167 Å². The smallest absolute Gasteiger partial charge is 0.224 e. The number of aromatic nitrogens is 2. The second-order valence-electron chi connectivity index (χ2n) is 8.32. The Morgan fingerprint density at radius 2 is 2.04 bits per heavy atom. The van der Waals surface area contributed by atoms with Crippen molar-refractivity contribution in [2.24, 2.45) is 0 Å². The number of likely N-dealkylation sites (tertiary alicyclic amines) is 1. The molecule has 6 nitrogen and oxygen atoms in total. The summed E-state index contributed by atoms with van der Waals surface area (Å²) in [6.07, 6.45) is 7.79. The predicted molar refractivity (Wildman–Crippen MR) is 108 cm³/mol. The molecule has 4 rings (SSSR count). The monoisotopic (exact) mass is 382 g/mol. The van der Waals surface area contributed by atoms with Gasteiger partial charge >= 0.3 is 0 Å². The van der Waals surface area contributed by atoms with Crippen LogP contribution in [-0.4, -0.2) is 56.5 Å². The van der Waals surface area contributed by atoms with E-state index in [0.29, 0.717) is 32.1 Å². The molecule has 1 spiro atoms. The molecule has 28 heavy (non-hydrogen) atoms. The van der Waals surface area contributed by atoms with Gasteiger partial charge in [-0.2, -0.15) is 0 Å². The zero-order valence-corrected chi connectivity index (χ0v) is 16.9. The Kier molecular flexibility index (Phi) is 5.40. The van der Waals surface area contributed by atoms with Crippen molar-refractivity contribution in [1.29, 1.82) is 0 Å². The van der Waals surface area contributed by atoms with Crippen LogP contribution in [0.5, 0.6) is 5.75 Å². The Hall–Kier alpha value is -2.34. The van der Waals surface area contributed by atoms with Gasteiger partial charge in [0.15, 0.2) is 0 Å². The van der Waals surface area contributed by atoms with Crippen LogP contribution in [0.3, 0.4) is 0 Å². The summed E-state index contributed by atoms with van der Waals surface area (Å²) in [6, 6.07) is 8.71. The molecule has 0 aliphatic carbocycles. The second-order valence-corrected chi connectivity index (χ2v) is 8.32. The van der Waals surface area contributed by atoms with Gasteiger partial charge in [-0.1, -0.05) is 18.2 Å². The standard InChI is InChI=1S/C22H30N4O2/c1-18(2)25-12-8-22(9-13-25)16-26(15-19-5-3-4-6-20(19)28-22)21(27)7-11-24-14-10-23-17-24/h3-6,10,14,17-18H,7-9,11-13,15-16H2,1-2H3. The van der Waals surface area contributed by atoms with Gasteiger partial charge in [-0.25, -0.2) is 4.98 Å². The predicted octanol–water partition coefficient (Wildman–Crippen LogP) is 2.94. The van der Waals surface area contributed by atoms with Crippen molar-refractivity contribution in [1.82, 2.24) is 19.4 Å². The lowest BCUT2D eigenvalue weighted by Crippen LogP contribution is -2.55. The van der Waals surface area contributed by atoms with E-state index in [1.54, 1.807) is 12.5 Å². The van der Waals surface area contributed by atoms with E-state index in [0.717, 1.165) is 37.2 Å². The summed E-state index contributed by atoms with van der Waals surface area (Å²) in [4.78, 5) is 21.6. The van der Waals surface area contributed by atoms with E-state index in [1.165, 1.54) is 0 Å². The molecule has 0 N–H and O–H groups in total. The third-order valence-electron chi connectivity index (χ3n) is 6.07. The lowest BCUT2D eigenvalue weighted by Gasteiger charge is -2.44. The number of imidazole rings is 1. The highest BCUT2D eigenvalue weighted by atomic mass is 16.5. The third-order valence-corrected chi connectivity index (χ3v) is 6.07. The molecule has 0 radical (unpaired) electrons. The van der Waals surface area contributed by atoms with Gasteiger partial charge in [0.25, 0.3) is 0 Å².